The molecule has 3 amide bonds. The maximum Gasteiger partial charge on any atom is 0.412 e. The van der Waals surface area contributed by atoms with Crippen LogP contribution in [0.1, 0.15) is 12.0 Å². The van der Waals surface area contributed by atoms with Crippen LogP contribution in [0.25, 0.3) is 10.8 Å². The van der Waals surface area contributed by atoms with Crippen LogP contribution in [0.5, 0.6) is 0 Å². The molecule has 0 fully saturated rings. The molecule has 0 saturated heterocycles. The molecule has 0 radical (unpaired) electrons. The van der Waals surface area contributed by atoms with Crippen molar-refractivity contribution >= 4 is 40.3 Å². The number of amides is 3. The lowest BCUT2D eigenvalue weighted by atomic mass is 10.1. The molecule has 0 aliphatic carbocycles. The van der Waals surface area contributed by atoms with Gasteiger partial charge < -0.3 is 25.8 Å². The Bertz CT molecular complexity index is 1230. The SMILES string of the molecule is CN(C(=O)NCc1cccc(F)c1Cl)C(COC(=O)Nc1cc2cc(F)ccc2cn1)C[C@H](O)CN. The lowest BCUT2D eigenvalue weighted by molar-refractivity contribution is 0.0815. The Hall–Kier alpha value is -3.54. The summed E-state index contributed by atoms with van der Waals surface area (Å²) in [5, 5.41) is 16.2. The number of likely N-dealkylation sites (N-methyl/N-ethyl adjacent to an activating group) is 1. The molecule has 0 aliphatic rings. The van der Waals surface area contributed by atoms with Crippen LogP contribution >= 0.6 is 11.6 Å². The number of benzene rings is 2. The lowest BCUT2D eigenvalue weighted by Crippen LogP contribution is -2.47. The van der Waals surface area contributed by atoms with E-state index in [1.807, 2.05) is 0 Å². The van der Waals surface area contributed by atoms with Gasteiger partial charge in [0, 0.05) is 31.7 Å². The number of anilines is 1. The van der Waals surface area contributed by atoms with E-state index < -0.39 is 35.9 Å². The van der Waals surface area contributed by atoms with Gasteiger partial charge in [0.25, 0.3) is 0 Å². The standard InChI is InChI=1S/C24H26ClF2N5O4/c1-32(23(34)30-12-15-3-2-4-20(27)22(15)25)18(9-19(33)10-28)13-36-24(35)31-21-8-16-7-17(26)6-5-14(16)11-29-21/h2-8,11,18-19,33H,9-10,12-13,28H2,1H3,(H,30,34)(H,29,31,35)/t18?,19-/m0/s1. The predicted octanol–water partition coefficient (Wildman–Crippen LogP) is 3.63. The van der Waals surface area contributed by atoms with Crippen molar-refractivity contribution in [3.05, 3.63) is 70.9 Å². The summed E-state index contributed by atoms with van der Waals surface area (Å²) >= 11 is 5.92. The van der Waals surface area contributed by atoms with E-state index in [1.165, 1.54) is 48.5 Å². The molecule has 1 heterocycles. The molecule has 1 unspecified atom stereocenters. The molecule has 0 aliphatic heterocycles. The van der Waals surface area contributed by atoms with Crippen LogP contribution in [0, 0.1) is 11.6 Å². The van der Waals surface area contributed by atoms with E-state index in [1.54, 1.807) is 12.1 Å². The average Bonchev–Trinajstić information content (AvgIpc) is 2.86. The Labute approximate surface area is 211 Å². The third-order valence-corrected chi connectivity index (χ3v) is 5.89. The number of halogens is 3. The second-order valence-electron chi connectivity index (χ2n) is 8.05. The number of hydrogen-bond donors (Lipinski definition) is 4. The zero-order valence-electron chi connectivity index (χ0n) is 19.4. The van der Waals surface area contributed by atoms with Crippen molar-refractivity contribution in [2.75, 3.05) is 25.5 Å². The molecule has 3 rings (SSSR count). The maximum absolute atomic E-state index is 13.6. The van der Waals surface area contributed by atoms with Crippen molar-refractivity contribution in [2.24, 2.45) is 5.73 Å². The highest BCUT2D eigenvalue weighted by molar-refractivity contribution is 6.31. The number of carbonyl (C=O) groups excluding carboxylic acids is 2. The van der Waals surface area contributed by atoms with Crippen LogP contribution in [-0.4, -0.2) is 59.5 Å². The Morgan fingerprint density at radius 2 is 2.00 bits per heavy atom. The summed E-state index contributed by atoms with van der Waals surface area (Å²) in [6, 6.07) is 8.62. The number of nitrogens with one attached hydrogen (secondary N) is 2. The van der Waals surface area contributed by atoms with E-state index in [2.05, 4.69) is 15.6 Å². The molecule has 192 valence electrons. The first-order valence-electron chi connectivity index (χ1n) is 11.0. The highest BCUT2D eigenvalue weighted by Crippen LogP contribution is 2.20. The highest BCUT2D eigenvalue weighted by atomic mass is 35.5. The van der Waals surface area contributed by atoms with Gasteiger partial charge in [-0.1, -0.05) is 23.7 Å². The molecule has 36 heavy (non-hydrogen) atoms. The first-order valence-corrected chi connectivity index (χ1v) is 11.4. The van der Waals surface area contributed by atoms with Gasteiger partial charge in [-0.05, 0) is 47.7 Å². The lowest BCUT2D eigenvalue weighted by Gasteiger charge is -2.29. The van der Waals surface area contributed by atoms with E-state index in [-0.39, 0.29) is 37.0 Å². The summed E-state index contributed by atoms with van der Waals surface area (Å²) < 4.78 is 32.4. The average molecular weight is 522 g/mol. The fourth-order valence-corrected chi connectivity index (χ4v) is 3.58. The molecule has 12 heteroatoms. The third-order valence-electron chi connectivity index (χ3n) is 5.47. The van der Waals surface area contributed by atoms with E-state index in [0.717, 1.165) is 0 Å². The number of ether oxygens (including phenoxy) is 1. The molecule has 0 bridgehead atoms. The van der Waals surface area contributed by atoms with Crippen LogP contribution < -0.4 is 16.4 Å². The smallest absolute Gasteiger partial charge is 0.412 e. The van der Waals surface area contributed by atoms with Crippen LogP contribution in [0.15, 0.2) is 48.7 Å². The van der Waals surface area contributed by atoms with Gasteiger partial charge in [0.15, 0.2) is 0 Å². The molecule has 2 aromatic carbocycles. The number of pyridine rings is 1. The van der Waals surface area contributed by atoms with Gasteiger partial charge in [-0.25, -0.2) is 23.4 Å². The molecule has 0 saturated carbocycles. The van der Waals surface area contributed by atoms with Gasteiger partial charge in [-0.15, -0.1) is 0 Å². The Morgan fingerprint density at radius 1 is 1.22 bits per heavy atom. The molecule has 3 aromatic rings. The topological polar surface area (TPSA) is 130 Å². The fourth-order valence-electron chi connectivity index (χ4n) is 3.39. The Morgan fingerprint density at radius 3 is 2.75 bits per heavy atom. The van der Waals surface area contributed by atoms with Crippen molar-refractivity contribution in [3.63, 3.8) is 0 Å². The minimum Gasteiger partial charge on any atom is -0.447 e. The van der Waals surface area contributed by atoms with Crippen molar-refractivity contribution < 1.29 is 28.2 Å². The molecular weight excluding hydrogens is 496 g/mol. The number of nitrogens with zero attached hydrogens (tertiary/aromatic N) is 2. The monoisotopic (exact) mass is 521 g/mol. The quantitative estimate of drug-likeness (QED) is 0.340. The molecule has 2 atom stereocenters. The molecule has 1 aromatic heterocycles. The summed E-state index contributed by atoms with van der Waals surface area (Å²) in [6.07, 6.45) is -0.298. The highest BCUT2D eigenvalue weighted by Gasteiger charge is 2.24. The van der Waals surface area contributed by atoms with Crippen LogP contribution in [0.4, 0.5) is 24.2 Å². The molecular formula is C24H26ClF2N5O4. The number of urea groups is 1. The molecule has 5 N–H and O–H groups in total. The van der Waals surface area contributed by atoms with E-state index >= 15 is 0 Å². The number of aliphatic hydroxyl groups excluding tert-OH is 1. The zero-order valence-corrected chi connectivity index (χ0v) is 20.1. The summed E-state index contributed by atoms with van der Waals surface area (Å²) in [6.45, 7) is -0.369. The predicted molar refractivity (Wildman–Crippen MR) is 132 cm³/mol. The first-order chi connectivity index (χ1) is 17.2. The van der Waals surface area contributed by atoms with Gasteiger partial charge >= 0.3 is 12.1 Å². The van der Waals surface area contributed by atoms with Crippen LogP contribution in [0.3, 0.4) is 0 Å². The third kappa shape index (κ3) is 7.23. The number of hydrogen-bond acceptors (Lipinski definition) is 6. The summed E-state index contributed by atoms with van der Waals surface area (Å²) in [4.78, 5) is 30.4. The number of nitrogens with two attached hydrogens (primary N) is 1. The number of aliphatic hydroxyl groups is 1. The number of aromatic nitrogens is 1. The van der Waals surface area contributed by atoms with Gasteiger partial charge in [-0.3, -0.25) is 5.32 Å². The number of carbonyl (C=O) groups is 2. The largest absolute Gasteiger partial charge is 0.447 e. The van der Waals surface area contributed by atoms with Gasteiger partial charge in [0.05, 0.1) is 17.2 Å². The van der Waals surface area contributed by atoms with Crippen LogP contribution in [-0.2, 0) is 11.3 Å². The Balaban J connectivity index is 1.60. The van der Waals surface area contributed by atoms with Crippen molar-refractivity contribution in [2.45, 2.75) is 25.1 Å². The summed E-state index contributed by atoms with van der Waals surface area (Å²) in [7, 11) is 1.46. The van der Waals surface area contributed by atoms with Crippen molar-refractivity contribution in [1.29, 1.82) is 0 Å². The van der Waals surface area contributed by atoms with Crippen LogP contribution in [0.2, 0.25) is 5.02 Å². The first kappa shape index (κ1) is 27.1. The summed E-state index contributed by atoms with van der Waals surface area (Å²) in [5.74, 6) is -0.884. The van der Waals surface area contributed by atoms with E-state index in [9.17, 15) is 23.5 Å². The van der Waals surface area contributed by atoms with E-state index in [4.69, 9.17) is 22.1 Å². The van der Waals surface area contributed by atoms with Gasteiger partial charge in [0.1, 0.15) is 24.1 Å². The fraction of sp³-hybridized carbons (Fsp3) is 0.292. The van der Waals surface area contributed by atoms with Crippen molar-refractivity contribution in [3.8, 4) is 0 Å². The zero-order chi connectivity index (χ0) is 26.2. The number of rotatable bonds is 9. The number of fused-ring (bicyclic) bond motifs is 1. The second-order valence-corrected chi connectivity index (χ2v) is 8.42. The second kappa shape index (κ2) is 12.4. The van der Waals surface area contributed by atoms with Crippen molar-refractivity contribution in [1.82, 2.24) is 15.2 Å². The Kier molecular flexibility index (Phi) is 9.34. The minimum absolute atomic E-state index is 0.0297. The molecule has 9 nitrogen and oxygen atoms in total. The summed E-state index contributed by atoms with van der Waals surface area (Å²) in [5.41, 5.74) is 5.89. The normalized spacial score (nSPS) is 12.6. The van der Waals surface area contributed by atoms with E-state index in [0.29, 0.717) is 16.3 Å². The van der Waals surface area contributed by atoms with Gasteiger partial charge in [0.2, 0.25) is 0 Å². The minimum atomic E-state index is -0.952. The molecule has 0 spiro atoms. The maximum atomic E-state index is 13.6. The van der Waals surface area contributed by atoms with Gasteiger partial charge in [-0.2, -0.15) is 0 Å².